The third-order valence-corrected chi connectivity index (χ3v) is 4.80. The van der Waals surface area contributed by atoms with Crippen LogP contribution in [0.25, 0.3) is 0 Å². The molecule has 0 atom stereocenters. The molecule has 1 aliphatic heterocycles. The van der Waals surface area contributed by atoms with E-state index >= 15 is 0 Å². The van der Waals surface area contributed by atoms with Crippen molar-refractivity contribution in [3.8, 4) is 11.5 Å². The van der Waals surface area contributed by atoms with Crippen LogP contribution in [0, 0.1) is 0 Å². The lowest BCUT2D eigenvalue weighted by molar-refractivity contribution is 0.0349. The van der Waals surface area contributed by atoms with Crippen molar-refractivity contribution in [3.05, 3.63) is 23.8 Å². The number of nitrogens with two attached hydrogens (primary N) is 1. The molecule has 116 valence electrons. The van der Waals surface area contributed by atoms with E-state index in [1.54, 1.807) is 7.11 Å². The van der Waals surface area contributed by atoms with E-state index in [2.05, 4.69) is 18.0 Å². The Morgan fingerprint density at radius 2 is 1.90 bits per heavy atom. The molecule has 4 heteroatoms. The third-order valence-electron chi connectivity index (χ3n) is 4.80. The van der Waals surface area contributed by atoms with Crippen LogP contribution < -0.4 is 15.2 Å². The van der Waals surface area contributed by atoms with E-state index < -0.39 is 0 Å². The molecule has 1 heterocycles. The molecule has 3 rings (SSSR count). The van der Waals surface area contributed by atoms with Gasteiger partial charge in [-0.2, -0.15) is 0 Å². The molecule has 21 heavy (non-hydrogen) atoms. The zero-order valence-electron chi connectivity index (χ0n) is 13.1. The standard InChI is InChI=1S/C17H26N2O2/c1-19-11-13(12-19)21-16-14(7-6-8-15(16)20-2)17(18)9-4-3-5-10-17/h6-8,13H,3-5,9-12,18H2,1-2H3. The second kappa shape index (κ2) is 5.85. The van der Waals surface area contributed by atoms with Crippen LogP contribution in [0.4, 0.5) is 0 Å². The van der Waals surface area contributed by atoms with Crippen molar-refractivity contribution in [3.63, 3.8) is 0 Å². The maximum atomic E-state index is 6.72. The summed E-state index contributed by atoms with van der Waals surface area (Å²) in [5, 5.41) is 0. The lowest BCUT2D eigenvalue weighted by Crippen LogP contribution is -2.51. The van der Waals surface area contributed by atoms with Crippen molar-refractivity contribution < 1.29 is 9.47 Å². The topological polar surface area (TPSA) is 47.7 Å². The number of ether oxygens (including phenoxy) is 2. The number of likely N-dealkylation sites (N-methyl/N-ethyl adjacent to an activating group) is 1. The molecule has 1 aliphatic carbocycles. The van der Waals surface area contributed by atoms with Gasteiger partial charge in [0, 0.05) is 24.2 Å². The summed E-state index contributed by atoms with van der Waals surface area (Å²) in [6.07, 6.45) is 5.98. The van der Waals surface area contributed by atoms with Gasteiger partial charge in [0.2, 0.25) is 0 Å². The van der Waals surface area contributed by atoms with Crippen LogP contribution in [0.2, 0.25) is 0 Å². The van der Waals surface area contributed by atoms with Gasteiger partial charge < -0.3 is 15.2 Å². The van der Waals surface area contributed by atoms with Crippen LogP contribution in [0.15, 0.2) is 18.2 Å². The number of benzene rings is 1. The van der Waals surface area contributed by atoms with Gasteiger partial charge in [-0.05, 0) is 26.0 Å². The van der Waals surface area contributed by atoms with Crippen molar-refractivity contribution in [2.45, 2.75) is 43.7 Å². The highest BCUT2D eigenvalue weighted by Gasteiger charge is 2.35. The molecule has 1 aromatic rings. The predicted octanol–water partition coefficient (Wildman–Crippen LogP) is 2.51. The number of hydrogen-bond donors (Lipinski definition) is 1. The summed E-state index contributed by atoms with van der Waals surface area (Å²) in [6.45, 7) is 1.93. The minimum atomic E-state index is -0.266. The first kappa shape index (κ1) is 14.7. The fourth-order valence-corrected chi connectivity index (χ4v) is 3.53. The molecule has 0 bridgehead atoms. The Labute approximate surface area is 127 Å². The summed E-state index contributed by atoms with van der Waals surface area (Å²) in [6, 6.07) is 6.11. The second-order valence-corrected chi connectivity index (χ2v) is 6.51. The normalized spacial score (nSPS) is 22.6. The van der Waals surface area contributed by atoms with Gasteiger partial charge in [0.25, 0.3) is 0 Å². The van der Waals surface area contributed by atoms with Crippen LogP contribution in [-0.4, -0.2) is 38.3 Å². The predicted molar refractivity (Wildman–Crippen MR) is 83.9 cm³/mol. The molecule has 0 radical (unpaired) electrons. The fraction of sp³-hybridized carbons (Fsp3) is 0.647. The van der Waals surface area contributed by atoms with Crippen molar-refractivity contribution >= 4 is 0 Å². The molecule has 0 spiro atoms. The summed E-state index contributed by atoms with van der Waals surface area (Å²) in [7, 11) is 3.80. The highest BCUT2D eigenvalue weighted by Crippen LogP contribution is 2.43. The summed E-state index contributed by atoms with van der Waals surface area (Å²) in [5.41, 5.74) is 7.58. The molecule has 0 unspecified atom stereocenters. The minimum Gasteiger partial charge on any atom is -0.493 e. The number of rotatable bonds is 4. The molecular formula is C17H26N2O2. The largest absolute Gasteiger partial charge is 0.493 e. The molecule has 1 saturated heterocycles. The van der Waals surface area contributed by atoms with Gasteiger partial charge in [0.15, 0.2) is 11.5 Å². The first-order chi connectivity index (χ1) is 10.1. The number of methoxy groups -OCH3 is 1. The van der Waals surface area contributed by atoms with Crippen molar-refractivity contribution in [1.29, 1.82) is 0 Å². The van der Waals surface area contributed by atoms with Crippen LogP contribution >= 0.6 is 0 Å². The van der Waals surface area contributed by atoms with Gasteiger partial charge in [-0.15, -0.1) is 0 Å². The first-order valence-electron chi connectivity index (χ1n) is 7.94. The summed E-state index contributed by atoms with van der Waals surface area (Å²) < 4.78 is 11.8. The Morgan fingerprint density at radius 3 is 2.52 bits per heavy atom. The maximum absolute atomic E-state index is 6.72. The first-order valence-corrected chi connectivity index (χ1v) is 7.94. The molecule has 2 N–H and O–H groups in total. The lowest BCUT2D eigenvalue weighted by atomic mass is 9.77. The van der Waals surface area contributed by atoms with Crippen LogP contribution in [-0.2, 0) is 5.54 Å². The average molecular weight is 290 g/mol. The van der Waals surface area contributed by atoms with Gasteiger partial charge in [0.05, 0.1) is 7.11 Å². The van der Waals surface area contributed by atoms with Gasteiger partial charge in [-0.3, -0.25) is 4.90 Å². The molecule has 1 saturated carbocycles. The zero-order chi connectivity index (χ0) is 14.9. The molecule has 4 nitrogen and oxygen atoms in total. The van der Waals surface area contributed by atoms with Gasteiger partial charge in [-0.25, -0.2) is 0 Å². The van der Waals surface area contributed by atoms with Gasteiger partial charge in [-0.1, -0.05) is 31.4 Å². The number of nitrogens with zero attached hydrogens (tertiary/aromatic N) is 1. The van der Waals surface area contributed by atoms with Crippen molar-refractivity contribution in [2.75, 3.05) is 27.2 Å². The van der Waals surface area contributed by atoms with Crippen molar-refractivity contribution in [1.82, 2.24) is 4.90 Å². The lowest BCUT2D eigenvalue weighted by Gasteiger charge is -2.39. The van der Waals surface area contributed by atoms with Crippen molar-refractivity contribution in [2.24, 2.45) is 5.73 Å². The maximum Gasteiger partial charge on any atom is 0.166 e. The Morgan fingerprint density at radius 1 is 1.19 bits per heavy atom. The zero-order valence-corrected chi connectivity index (χ0v) is 13.1. The van der Waals surface area contributed by atoms with E-state index in [1.165, 1.54) is 19.3 Å². The fourth-order valence-electron chi connectivity index (χ4n) is 3.53. The van der Waals surface area contributed by atoms with E-state index in [9.17, 15) is 0 Å². The van der Waals surface area contributed by atoms with Crippen LogP contribution in [0.3, 0.4) is 0 Å². The Kier molecular flexibility index (Phi) is 4.09. The van der Waals surface area contributed by atoms with E-state index in [1.807, 2.05) is 12.1 Å². The van der Waals surface area contributed by atoms with E-state index in [4.69, 9.17) is 15.2 Å². The third kappa shape index (κ3) is 2.87. The highest BCUT2D eigenvalue weighted by atomic mass is 16.5. The van der Waals surface area contributed by atoms with E-state index in [-0.39, 0.29) is 11.6 Å². The number of likely N-dealkylation sites (tertiary alicyclic amines) is 1. The Balaban J connectivity index is 1.91. The Hall–Kier alpha value is -1.26. The van der Waals surface area contributed by atoms with E-state index in [0.717, 1.165) is 43.0 Å². The van der Waals surface area contributed by atoms with E-state index in [0.29, 0.717) is 0 Å². The molecule has 0 amide bonds. The molecule has 0 aromatic heterocycles. The quantitative estimate of drug-likeness (QED) is 0.925. The van der Waals surface area contributed by atoms with Crippen LogP contribution in [0.1, 0.15) is 37.7 Å². The minimum absolute atomic E-state index is 0.247. The smallest absolute Gasteiger partial charge is 0.166 e. The molecule has 1 aromatic carbocycles. The summed E-state index contributed by atoms with van der Waals surface area (Å²) in [4.78, 5) is 2.25. The summed E-state index contributed by atoms with van der Waals surface area (Å²) in [5.74, 6) is 1.67. The Bertz CT molecular complexity index is 492. The summed E-state index contributed by atoms with van der Waals surface area (Å²) >= 11 is 0. The molecular weight excluding hydrogens is 264 g/mol. The SMILES string of the molecule is COc1cccc(C2(N)CCCCC2)c1OC1CN(C)C1. The second-order valence-electron chi connectivity index (χ2n) is 6.51. The molecule has 2 aliphatic rings. The average Bonchev–Trinajstić information content (AvgIpc) is 2.46. The van der Waals surface area contributed by atoms with Crippen LogP contribution in [0.5, 0.6) is 11.5 Å². The van der Waals surface area contributed by atoms with Gasteiger partial charge >= 0.3 is 0 Å². The number of hydrogen-bond acceptors (Lipinski definition) is 4. The van der Waals surface area contributed by atoms with Gasteiger partial charge in [0.1, 0.15) is 6.10 Å². The monoisotopic (exact) mass is 290 g/mol. The highest BCUT2D eigenvalue weighted by molar-refractivity contribution is 5.50. The molecule has 2 fully saturated rings. The number of para-hydroxylation sites is 1.